The zero-order valence-corrected chi connectivity index (χ0v) is 8.61. The fourth-order valence-corrected chi connectivity index (χ4v) is 1.41. The van der Waals surface area contributed by atoms with Crippen molar-refractivity contribution in [1.29, 1.82) is 0 Å². The second kappa shape index (κ2) is 5.46. The van der Waals surface area contributed by atoms with Crippen molar-refractivity contribution in [2.45, 2.75) is 38.8 Å². The Morgan fingerprint density at radius 2 is 2.43 bits per heavy atom. The summed E-state index contributed by atoms with van der Waals surface area (Å²) in [5.41, 5.74) is 6.88. The first-order valence-electron chi connectivity index (χ1n) is 4.94. The van der Waals surface area contributed by atoms with Crippen LogP contribution in [0.5, 0.6) is 0 Å². The van der Waals surface area contributed by atoms with Crippen LogP contribution in [-0.4, -0.2) is 9.55 Å². The Hall–Kier alpha value is -1.27. The number of hydrogen-bond acceptors (Lipinski definition) is 2. The van der Waals surface area contributed by atoms with E-state index in [9.17, 15) is 0 Å². The van der Waals surface area contributed by atoms with E-state index in [0.29, 0.717) is 0 Å². The summed E-state index contributed by atoms with van der Waals surface area (Å²) in [6.07, 6.45) is 11.8. The highest BCUT2D eigenvalue weighted by Gasteiger charge is 2.05. The molecule has 0 aliphatic heterocycles. The van der Waals surface area contributed by atoms with E-state index in [0.717, 1.165) is 31.5 Å². The van der Waals surface area contributed by atoms with Crippen LogP contribution >= 0.6 is 0 Å². The number of terminal acetylenes is 1. The van der Waals surface area contributed by atoms with Crippen LogP contribution < -0.4 is 5.73 Å². The van der Waals surface area contributed by atoms with Gasteiger partial charge in [-0.2, -0.15) is 0 Å². The highest BCUT2D eigenvalue weighted by Crippen LogP contribution is 2.10. The fourth-order valence-electron chi connectivity index (χ4n) is 1.41. The number of aromatic nitrogens is 2. The maximum Gasteiger partial charge on any atom is 0.0948 e. The molecule has 1 atom stereocenters. The zero-order chi connectivity index (χ0) is 10.4. The van der Waals surface area contributed by atoms with E-state index < -0.39 is 0 Å². The van der Waals surface area contributed by atoms with Crippen molar-refractivity contribution >= 4 is 0 Å². The first-order valence-corrected chi connectivity index (χ1v) is 4.94. The van der Waals surface area contributed by atoms with Crippen LogP contribution in [0.2, 0.25) is 0 Å². The average Bonchev–Trinajstić information content (AvgIpc) is 2.60. The number of hydrogen-bond donors (Lipinski definition) is 1. The highest BCUT2D eigenvalue weighted by molar-refractivity contribution is 5.02. The summed E-state index contributed by atoms with van der Waals surface area (Å²) in [5, 5.41) is 0. The molecule has 2 N–H and O–H groups in total. The van der Waals surface area contributed by atoms with Gasteiger partial charge in [0.1, 0.15) is 0 Å². The molecule has 0 amide bonds. The molecule has 0 aliphatic carbocycles. The number of nitrogens with zero attached hydrogens (tertiary/aromatic N) is 2. The molecule has 1 heterocycles. The Bertz CT molecular complexity index is 307. The van der Waals surface area contributed by atoms with Gasteiger partial charge in [0.05, 0.1) is 12.0 Å². The molecule has 76 valence electrons. The molecule has 0 unspecified atom stereocenters. The van der Waals surface area contributed by atoms with Gasteiger partial charge in [0.15, 0.2) is 0 Å². The molecule has 0 radical (unpaired) electrons. The van der Waals surface area contributed by atoms with E-state index >= 15 is 0 Å². The third kappa shape index (κ3) is 2.90. The van der Waals surface area contributed by atoms with Crippen LogP contribution in [0, 0.1) is 12.3 Å². The van der Waals surface area contributed by atoms with Crippen LogP contribution in [0.4, 0.5) is 0 Å². The van der Waals surface area contributed by atoms with Crippen molar-refractivity contribution in [3.63, 3.8) is 0 Å². The Labute approximate surface area is 85.3 Å². The second-order valence-corrected chi connectivity index (χ2v) is 3.46. The SMILES string of the molecule is C#CCCCCn1cncc1[C@@H](C)N. The van der Waals surface area contributed by atoms with Gasteiger partial charge in [0.2, 0.25) is 0 Å². The van der Waals surface area contributed by atoms with Gasteiger partial charge in [-0.1, -0.05) is 0 Å². The monoisotopic (exact) mass is 191 g/mol. The van der Waals surface area contributed by atoms with Gasteiger partial charge in [-0.3, -0.25) is 0 Å². The predicted octanol–water partition coefficient (Wildman–Crippen LogP) is 1.71. The smallest absolute Gasteiger partial charge is 0.0948 e. The zero-order valence-electron chi connectivity index (χ0n) is 8.61. The van der Waals surface area contributed by atoms with Gasteiger partial charge in [-0.25, -0.2) is 4.98 Å². The molecule has 14 heavy (non-hydrogen) atoms. The molecule has 0 saturated heterocycles. The van der Waals surface area contributed by atoms with Crippen LogP contribution in [-0.2, 0) is 6.54 Å². The summed E-state index contributed by atoms with van der Waals surface area (Å²) in [7, 11) is 0. The summed E-state index contributed by atoms with van der Waals surface area (Å²) in [6.45, 7) is 2.92. The number of rotatable bonds is 5. The molecule has 0 bridgehead atoms. The minimum absolute atomic E-state index is 0.0464. The topological polar surface area (TPSA) is 43.8 Å². The lowest BCUT2D eigenvalue weighted by Gasteiger charge is -2.09. The first kappa shape index (κ1) is 10.8. The Morgan fingerprint density at radius 3 is 3.07 bits per heavy atom. The van der Waals surface area contributed by atoms with Crippen molar-refractivity contribution in [3.8, 4) is 12.3 Å². The maximum absolute atomic E-state index is 5.80. The number of aryl methyl sites for hydroxylation is 1. The van der Waals surface area contributed by atoms with Gasteiger partial charge >= 0.3 is 0 Å². The normalized spacial score (nSPS) is 12.4. The van der Waals surface area contributed by atoms with Crippen LogP contribution in [0.1, 0.15) is 37.9 Å². The van der Waals surface area contributed by atoms with Crippen LogP contribution in [0.25, 0.3) is 0 Å². The van der Waals surface area contributed by atoms with Crippen LogP contribution in [0.15, 0.2) is 12.5 Å². The fraction of sp³-hybridized carbons (Fsp3) is 0.545. The molecule has 0 aromatic carbocycles. The summed E-state index contributed by atoms with van der Waals surface area (Å²) in [5.74, 6) is 2.64. The van der Waals surface area contributed by atoms with Crippen molar-refractivity contribution in [2.75, 3.05) is 0 Å². The van der Waals surface area contributed by atoms with Crippen molar-refractivity contribution in [2.24, 2.45) is 5.73 Å². The van der Waals surface area contributed by atoms with E-state index in [-0.39, 0.29) is 6.04 Å². The molecule has 0 aliphatic rings. The molecule has 3 heteroatoms. The van der Waals surface area contributed by atoms with Crippen molar-refractivity contribution < 1.29 is 0 Å². The summed E-state index contributed by atoms with van der Waals surface area (Å²) >= 11 is 0. The standard InChI is InChI=1S/C11H17N3/c1-3-4-5-6-7-14-9-13-8-11(14)10(2)12/h1,8-10H,4-7,12H2,2H3/t10-/m1/s1. The number of imidazole rings is 1. The van der Waals surface area contributed by atoms with Gasteiger partial charge in [-0.05, 0) is 19.8 Å². The van der Waals surface area contributed by atoms with Crippen LogP contribution in [0.3, 0.4) is 0 Å². The maximum atomic E-state index is 5.80. The Morgan fingerprint density at radius 1 is 1.64 bits per heavy atom. The van der Waals surface area contributed by atoms with E-state index in [1.165, 1.54) is 0 Å². The number of nitrogens with two attached hydrogens (primary N) is 1. The van der Waals surface area contributed by atoms with E-state index in [2.05, 4.69) is 15.5 Å². The predicted molar refractivity (Wildman–Crippen MR) is 57.5 cm³/mol. The van der Waals surface area contributed by atoms with Gasteiger partial charge in [0.25, 0.3) is 0 Å². The molecule has 0 fully saturated rings. The third-order valence-corrected chi connectivity index (χ3v) is 2.18. The lowest BCUT2D eigenvalue weighted by atomic mass is 10.2. The first-order chi connectivity index (χ1) is 6.75. The van der Waals surface area contributed by atoms with E-state index in [1.54, 1.807) is 0 Å². The molecule has 1 rings (SSSR count). The molecular weight excluding hydrogens is 174 g/mol. The van der Waals surface area contributed by atoms with Gasteiger partial charge in [-0.15, -0.1) is 12.3 Å². The molecule has 1 aromatic rings. The molecule has 1 aromatic heterocycles. The quantitative estimate of drug-likeness (QED) is 0.568. The summed E-state index contributed by atoms with van der Waals surface area (Å²) < 4.78 is 2.10. The second-order valence-electron chi connectivity index (χ2n) is 3.46. The summed E-state index contributed by atoms with van der Waals surface area (Å²) in [6, 6.07) is 0.0464. The lowest BCUT2D eigenvalue weighted by Crippen LogP contribution is -2.11. The molecule has 0 spiro atoms. The average molecular weight is 191 g/mol. The van der Waals surface area contributed by atoms with E-state index in [1.807, 2.05) is 19.4 Å². The minimum Gasteiger partial charge on any atom is -0.333 e. The summed E-state index contributed by atoms with van der Waals surface area (Å²) in [4.78, 5) is 4.08. The number of unbranched alkanes of at least 4 members (excludes halogenated alkanes) is 2. The van der Waals surface area contributed by atoms with Gasteiger partial charge in [0, 0.05) is 25.2 Å². The molecular formula is C11H17N3. The largest absolute Gasteiger partial charge is 0.333 e. The van der Waals surface area contributed by atoms with Crippen molar-refractivity contribution in [1.82, 2.24) is 9.55 Å². The van der Waals surface area contributed by atoms with E-state index in [4.69, 9.17) is 12.2 Å². The Balaban J connectivity index is 2.43. The lowest BCUT2D eigenvalue weighted by molar-refractivity contribution is 0.577. The highest BCUT2D eigenvalue weighted by atomic mass is 15.1. The van der Waals surface area contributed by atoms with Crippen molar-refractivity contribution in [3.05, 3.63) is 18.2 Å². The Kier molecular flexibility index (Phi) is 4.21. The molecule has 3 nitrogen and oxygen atoms in total. The van der Waals surface area contributed by atoms with Gasteiger partial charge < -0.3 is 10.3 Å². The molecule has 0 saturated carbocycles. The third-order valence-electron chi connectivity index (χ3n) is 2.18. The minimum atomic E-state index is 0.0464.